The van der Waals surface area contributed by atoms with Crippen LogP contribution in [0.5, 0.6) is 5.75 Å². The van der Waals surface area contributed by atoms with E-state index in [1.54, 1.807) is 0 Å². The Labute approximate surface area is 83.8 Å². The third kappa shape index (κ3) is 2.17. The maximum absolute atomic E-state index is 12.5. The minimum Gasteiger partial charge on any atom is -0.489 e. The molecule has 0 amide bonds. The van der Waals surface area contributed by atoms with Crippen molar-refractivity contribution in [2.75, 3.05) is 7.11 Å². The van der Waals surface area contributed by atoms with Crippen LogP contribution >= 0.6 is 0 Å². The molecule has 1 aromatic heterocycles. The lowest BCUT2D eigenvalue weighted by Crippen LogP contribution is -2.02. The van der Waals surface area contributed by atoms with Crippen molar-refractivity contribution < 1.29 is 18.4 Å². The highest BCUT2D eigenvalue weighted by Gasteiger charge is 2.26. The summed E-state index contributed by atoms with van der Waals surface area (Å²) in [4.78, 5) is 13.3. The fourth-order valence-corrected chi connectivity index (χ4v) is 1.16. The molecule has 0 atom stereocenters. The van der Waals surface area contributed by atoms with Gasteiger partial charge in [-0.05, 0) is 6.92 Å². The van der Waals surface area contributed by atoms with E-state index in [9.17, 15) is 18.9 Å². The number of pyridine rings is 1. The SMILES string of the molecule is COc1c([N+](=O)[O-])cc(C)nc1C(F)F. The standard InChI is InChI=1S/C8H8F2N2O3/c1-4-3-5(12(13)14)7(15-2)6(11-4)8(9)10/h3,8H,1-2H3. The average Bonchev–Trinajstić information content (AvgIpc) is 2.16. The fourth-order valence-electron chi connectivity index (χ4n) is 1.16. The Morgan fingerprint density at radius 1 is 1.60 bits per heavy atom. The molecule has 0 N–H and O–H groups in total. The van der Waals surface area contributed by atoms with Gasteiger partial charge >= 0.3 is 5.69 Å². The monoisotopic (exact) mass is 218 g/mol. The largest absolute Gasteiger partial charge is 0.489 e. The lowest BCUT2D eigenvalue weighted by molar-refractivity contribution is -0.386. The fraction of sp³-hybridized carbons (Fsp3) is 0.375. The van der Waals surface area contributed by atoms with Gasteiger partial charge in [-0.15, -0.1) is 0 Å². The maximum Gasteiger partial charge on any atom is 0.314 e. The zero-order valence-electron chi connectivity index (χ0n) is 8.03. The molecular formula is C8H8F2N2O3. The van der Waals surface area contributed by atoms with Gasteiger partial charge in [0.1, 0.15) is 0 Å². The van der Waals surface area contributed by atoms with Crippen molar-refractivity contribution in [3.63, 3.8) is 0 Å². The molecule has 5 nitrogen and oxygen atoms in total. The molecule has 0 spiro atoms. The Hall–Kier alpha value is -1.79. The highest BCUT2D eigenvalue weighted by atomic mass is 19.3. The Morgan fingerprint density at radius 3 is 2.60 bits per heavy atom. The van der Waals surface area contributed by atoms with Crippen LogP contribution < -0.4 is 4.74 Å². The molecule has 7 heteroatoms. The van der Waals surface area contributed by atoms with Gasteiger partial charge < -0.3 is 4.74 Å². The number of nitrogens with zero attached hydrogens (tertiary/aromatic N) is 2. The van der Waals surface area contributed by atoms with E-state index in [4.69, 9.17) is 0 Å². The van der Waals surface area contributed by atoms with Gasteiger partial charge in [0.25, 0.3) is 6.43 Å². The zero-order chi connectivity index (χ0) is 11.6. The summed E-state index contributed by atoms with van der Waals surface area (Å²) in [6, 6.07) is 1.09. The van der Waals surface area contributed by atoms with Crippen LogP contribution in [-0.2, 0) is 0 Å². The molecule has 1 heterocycles. The molecule has 0 aromatic carbocycles. The van der Waals surface area contributed by atoms with Crippen molar-refractivity contribution in [3.8, 4) is 5.75 Å². The van der Waals surface area contributed by atoms with Crippen LogP contribution in [-0.4, -0.2) is 17.0 Å². The van der Waals surface area contributed by atoms with Crippen molar-refractivity contribution in [2.45, 2.75) is 13.3 Å². The van der Waals surface area contributed by atoms with Gasteiger partial charge in [0.2, 0.25) is 5.75 Å². The average molecular weight is 218 g/mol. The minimum absolute atomic E-state index is 0.151. The second kappa shape index (κ2) is 4.16. The molecule has 82 valence electrons. The summed E-state index contributed by atoms with van der Waals surface area (Å²) in [5, 5.41) is 10.6. The van der Waals surface area contributed by atoms with Crippen LogP contribution in [0.15, 0.2) is 6.07 Å². The van der Waals surface area contributed by atoms with Crippen molar-refractivity contribution in [2.24, 2.45) is 0 Å². The van der Waals surface area contributed by atoms with Crippen molar-refractivity contribution >= 4 is 5.69 Å². The first-order valence-electron chi connectivity index (χ1n) is 3.95. The topological polar surface area (TPSA) is 65.3 Å². The highest BCUT2D eigenvalue weighted by molar-refractivity contribution is 5.50. The third-order valence-corrected chi connectivity index (χ3v) is 1.72. The summed E-state index contributed by atoms with van der Waals surface area (Å²) in [7, 11) is 1.09. The normalized spacial score (nSPS) is 10.5. The predicted molar refractivity (Wildman–Crippen MR) is 47.1 cm³/mol. The molecule has 15 heavy (non-hydrogen) atoms. The second-order valence-electron chi connectivity index (χ2n) is 2.76. The number of aryl methyl sites for hydroxylation is 1. The lowest BCUT2D eigenvalue weighted by atomic mass is 10.2. The number of rotatable bonds is 3. The number of aromatic nitrogens is 1. The molecule has 1 rings (SSSR count). The van der Waals surface area contributed by atoms with E-state index in [2.05, 4.69) is 9.72 Å². The number of ether oxygens (including phenoxy) is 1. The first-order chi connectivity index (χ1) is 6.97. The van der Waals surface area contributed by atoms with Gasteiger partial charge in [-0.2, -0.15) is 0 Å². The summed E-state index contributed by atoms with van der Waals surface area (Å²) < 4.78 is 29.5. The van der Waals surface area contributed by atoms with Gasteiger partial charge in [-0.3, -0.25) is 10.1 Å². The van der Waals surface area contributed by atoms with Crippen molar-refractivity contribution in [3.05, 3.63) is 27.6 Å². The van der Waals surface area contributed by atoms with E-state index in [0.29, 0.717) is 0 Å². The summed E-state index contributed by atoms with van der Waals surface area (Å²) in [5.41, 5.74) is -1.05. The summed E-state index contributed by atoms with van der Waals surface area (Å²) in [5.74, 6) is -0.486. The van der Waals surface area contributed by atoms with Crippen LogP contribution in [0.4, 0.5) is 14.5 Å². The second-order valence-corrected chi connectivity index (χ2v) is 2.76. The summed E-state index contributed by atoms with van der Waals surface area (Å²) in [6.07, 6.45) is -2.90. The van der Waals surface area contributed by atoms with Crippen LogP contribution in [0.3, 0.4) is 0 Å². The maximum atomic E-state index is 12.5. The van der Waals surface area contributed by atoms with E-state index >= 15 is 0 Å². The molecular weight excluding hydrogens is 210 g/mol. The Kier molecular flexibility index (Phi) is 3.13. The predicted octanol–water partition coefficient (Wildman–Crippen LogP) is 2.24. The first kappa shape index (κ1) is 11.3. The van der Waals surface area contributed by atoms with E-state index in [0.717, 1.165) is 13.2 Å². The smallest absolute Gasteiger partial charge is 0.314 e. The van der Waals surface area contributed by atoms with E-state index < -0.39 is 28.5 Å². The van der Waals surface area contributed by atoms with Crippen molar-refractivity contribution in [1.29, 1.82) is 0 Å². The quantitative estimate of drug-likeness (QED) is 0.576. The number of halogens is 2. The first-order valence-corrected chi connectivity index (χ1v) is 3.95. The molecule has 0 saturated heterocycles. The number of hydrogen-bond donors (Lipinski definition) is 0. The van der Waals surface area contributed by atoms with E-state index in [1.165, 1.54) is 6.92 Å². The number of hydrogen-bond acceptors (Lipinski definition) is 4. The molecule has 0 fully saturated rings. The highest BCUT2D eigenvalue weighted by Crippen LogP contribution is 2.35. The molecule has 0 bridgehead atoms. The van der Waals surface area contributed by atoms with Crippen LogP contribution in [0.25, 0.3) is 0 Å². The lowest BCUT2D eigenvalue weighted by Gasteiger charge is -2.07. The number of methoxy groups -OCH3 is 1. The summed E-state index contributed by atoms with van der Waals surface area (Å²) in [6.45, 7) is 1.40. The number of alkyl halides is 2. The van der Waals surface area contributed by atoms with E-state index in [1.807, 2.05) is 0 Å². The molecule has 0 aliphatic rings. The molecule has 1 aromatic rings. The summed E-state index contributed by atoms with van der Waals surface area (Å²) >= 11 is 0. The molecule has 0 aliphatic heterocycles. The zero-order valence-corrected chi connectivity index (χ0v) is 8.03. The van der Waals surface area contributed by atoms with Gasteiger partial charge in [-0.25, -0.2) is 13.8 Å². The molecule has 0 aliphatic carbocycles. The van der Waals surface area contributed by atoms with Gasteiger partial charge in [0.15, 0.2) is 5.69 Å². The molecule has 0 unspecified atom stereocenters. The van der Waals surface area contributed by atoms with Crippen LogP contribution in [0, 0.1) is 17.0 Å². The molecule has 0 radical (unpaired) electrons. The molecule has 0 saturated carbocycles. The Bertz CT molecular complexity index is 396. The van der Waals surface area contributed by atoms with E-state index in [-0.39, 0.29) is 5.69 Å². The van der Waals surface area contributed by atoms with Gasteiger partial charge in [0.05, 0.1) is 12.0 Å². The Balaban J connectivity index is 3.45. The van der Waals surface area contributed by atoms with Gasteiger partial charge in [-0.1, -0.05) is 0 Å². The Morgan fingerprint density at radius 2 is 2.20 bits per heavy atom. The van der Waals surface area contributed by atoms with Gasteiger partial charge in [0, 0.05) is 11.8 Å². The number of nitro groups is 1. The van der Waals surface area contributed by atoms with Crippen LogP contribution in [0.1, 0.15) is 17.8 Å². The minimum atomic E-state index is -2.90. The van der Waals surface area contributed by atoms with Crippen LogP contribution in [0.2, 0.25) is 0 Å². The third-order valence-electron chi connectivity index (χ3n) is 1.72. The van der Waals surface area contributed by atoms with Crippen molar-refractivity contribution in [1.82, 2.24) is 4.98 Å².